The molecule has 1 aromatic carbocycles. The Morgan fingerprint density at radius 3 is 2.70 bits per heavy atom. The van der Waals surface area contributed by atoms with Crippen molar-refractivity contribution in [2.75, 3.05) is 5.75 Å². The summed E-state index contributed by atoms with van der Waals surface area (Å²) in [7, 11) is 0. The first-order chi connectivity index (χ1) is 11.1. The van der Waals surface area contributed by atoms with Gasteiger partial charge in [-0.25, -0.2) is 0 Å². The van der Waals surface area contributed by atoms with E-state index < -0.39 is 0 Å². The number of carbonyl (C=O) groups is 1. The summed E-state index contributed by atoms with van der Waals surface area (Å²) in [5.74, 6) is 0.747. The quantitative estimate of drug-likeness (QED) is 0.526. The number of aryl methyl sites for hydroxylation is 2. The second-order valence-corrected chi connectivity index (χ2v) is 6.07. The third-order valence-electron chi connectivity index (χ3n) is 3.35. The summed E-state index contributed by atoms with van der Waals surface area (Å²) in [5, 5.41) is 8.35. The maximum Gasteiger partial charge on any atom is 0.277 e. The smallest absolute Gasteiger partial charge is 0.277 e. The van der Waals surface area contributed by atoms with E-state index in [2.05, 4.69) is 15.2 Å². The van der Waals surface area contributed by atoms with Gasteiger partial charge in [-0.05, 0) is 37.6 Å². The van der Waals surface area contributed by atoms with Gasteiger partial charge >= 0.3 is 0 Å². The zero-order valence-electron chi connectivity index (χ0n) is 12.8. The number of hydrogen-bond acceptors (Lipinski definition) is 6. The molecule has 6 heteroatoms. The van der Waals surface area contributed by atoms with Crippen LogP contribution in [0.25, 0.3) is 11.5 Å². The summed E-state index contributed by atoms with van der Waals surface area (Å²) in [6.07, 6.45) is 3.33. The molecule has 5 nitrogen and oxygen atoms in total. The third kappa shape index (κ3) is 3.65. The van der Waals surface area contributed by atoms with E-state index in [1.807, 2.05) is 32.0 Å². The normalized spacial score (nSPS) is 10.7. The molecule has 0 unspecified atom stereocenters. The molecule has 0 fully saturated rings. The van der Waals surface area contributed by atoms with Gasteiger partial charge in [0.15, 0.2) is 5.78 Å². The molecule has 3 aromatic rings. The number of aromatic nitrogens is 3. The molecule has 2 aromatic heterocycles. The van der Waals surface area contributed by atoms with Crippen LogP contribution in [-0.4, -0.2) is 26.7 Å². The van der Waals surface area contributed by atoms with Crippen LogP contribution in [0.5, 0.6) is 0 Å². The molecule has 0 saturated carbocycles. The number of Topliss-reactive ketones (excluding diaryl/α,β-unsaturated/α-hetero) is 1. The monoisotopic (exact) mass is 325 g/mol. The number of thioether (sulfide) groups is 1. The molecule has 0 aliphatic rings. The van der Waals surface area contributed by atoms with Crippen molar-refractivity contribution < 1.29 is 9.21 Å². The van der Waals surface area contributed by atoms with E-state index in [1.165, 1.54) is 11.8 Å². The van der Waals surface area contributed by atoms with Crippen LogP contribution in [0, 0.1) is 13.8 Å². The first-order valence-electron chi connectivity index (χ1n) is 7.10. The van der Waals surface area contributed by atoms with Gasteiger partial charge in [0.2, 0.25) is 5.89 Å². The molecule has 0 aliphatic carbocycles. The van der Waals surface area contributed by atoms with Gasteiger partial charge in [-0.3, -0.25) is 9.78 Å². The number of rotatable bonds is 5. The highest BCUT2D eigenvalue weighted by Crippen LogP contribution is 2.23. The van der Waals surface area contributed by atoms with E-state index in [9.17, 15) is 4.79 Å². The van der Waals surface area contributed by atoms with Crippen molar-refractivity contribution in [3.63, 3.8) is 0 Å². The second kappa shape index (κ2) is 6.75. The lowest BCUT2D eigenvalue weighted by atomic mass is 10.0. The molecule has 0 aliphatic heterocycles. The summed E-state index contributed by atoms with van der Waals surface area (Å²) in [5.41, 5.74) is 3.59. The Morgan fingerprint density at radius 2 is 1.91 bits per heavy atom. The largest absolute Gasteiger partial charge is 0.411 e. The predicted molar refractivity (Wildman–Crippen MR) is 88.5 cm³/mol. The van der Waals surface area contributed by atoms with Crippen LogP contribution in [0.1, 0.15) is 21.5 Å². The van der Waals surface area contributed by atoms with Gasteiger partial charge in [-0.1, -0.05) is 29.5 Å². The van der Waals surface area contributed by atoms with E-state index >= 15 is 0 Å². The molecule has 116 valence electrons. The summed E-state index contributed by atoms with van der Waals surface area (Å²) in [6.45, 7) is 3.91. The molecule has 0 radical (unpaired) electrons. The molecule has 0 bridgehead atoms. The number of benzene rings is 1. The molecule has 0 atom stereocenters. The summed E-state index contributed by atoms with van der Waals surface area (Å²) in [6, 6.07) is 9.46. The molecule has 0 spiro atoms. The number of hydrogen-bond donors (Lipinski definition) is 0. The van der Waals surface area contributed by atoms with Crippen LogP contribution < -0.4 is 0 Å². The van der Waals surface area contributed by atoms with Gasteiger partial charge in [-0.2, -0.15) is 0 Å². The number of nitrogens with zero attached hydrogens (tertiary/aromatic N) is 3. The van der Waals surface area contributed by atoms with Crippen LogP contribution in [0.2, 0.25) is 0 Å². The van der Waals surface area contributed by atoms with Crippen molar-refractivity contribution in [2.24, 2.45) is 0 Å². The van der Waals surface area contributed by atoms with Crippen LogP contribution in [0.15, 0.2) is 52.4 Å². The summed E-state index contributed by atoms with van der Waals surface area (Å²) < 4.78 is 5.57. The molecular formula is C17H15N3O2S. The van der Waals surface area contributed by atoms with Gasteiger partial charge in [0.1, 0.15) is 0 Å². The van der Waals surface area contributed by atoms with Crippen molar-refractivity contribution in [1.82, 2.24) is 15.2 Å². The van der Waals surface area contributed by atoms with Crippen molar-refractivity contribution in [3.8, 4) is 11.5 Å². The van der Waals surface area contributed by atoms with Gasteiger partial charge in [0.25, 0.3) is 5.22 Å². The zero-order valence-corrected chi connectivity index (χ0v) is 13.6. The minimum Gasteiger partial charge on any atom is -0.411 e. The average molecular weight is 325 g/mol. The fourth-order valence-electron chi connectivity index (χ4n) is 2.12. The minimum absolute atomic E-state index is 0.0554. The highest BCUT2D eigenvalue weighted by Gasteiger charge is 2.14. The van der Waals surface area contributed by atoms with Gasteiger partial charge in [-0.15, -0.1) is 10.2 Å². The Bertz CT molecular complexity index is 831. The topological polar surface area (TPSA) is 68.9 Å². The van der Waals surface area contributed by atoms with Gasteiger partial charge in [0.05, 0.1) is 5.75 Å². The van der Waals surface area contributed by atoms with Gasteiger partial charge < -0.3 is 4.42 Å². The molecule has 2 heterocycles. The summed E-state index contributed by atoms with van der Waals surface area (Å²) >= 11 is 1.25. The molecule has 3 rings (SSSR count). The Hall–Kier alpha value is -2.47. The fourth-order valence-corrected chi connectivity index (χ4v) is 2.77. The lowest BCUT2D eigenvalue weighted by molar-refractivity contribution is 0.102. The van der Waals surface area contributed by atoms with Crippen LogP contribution in [0.4, 0.5) is 0 Å². The second-order valence-electron chi connectivity index (χ2n) is 5.14. The lowest BCUT2D eigenvalue weighted by Crippen LogP contribution is -2.05. The van der Waals surface area contributed by atoms with Crippen molar-refractivity contribution >= 4 is 17.5 Å². The van der Waals surface area contributed by atoms with E-state index in [4.69, 9.17) is 4.42 Å². The van der Waals surface area contributed by atoms with Crippen LogP contribution >= 0.6 is 11.8 Å². The van der Waals surface area contributed by atoms with E-state index in [1.54, 1.807) is 24.5 Å². The first kappa shape index (κ1) is 15.4. The maximum atomic E-state index is 12.3. The Labute approximate surface area is 138 Å². The van der Waals surface area contributed by atoms with Crippen molar-refractivity contribution in [3.05, 3.63) is 59.4 Å². The summed E-state index contributed by atoms with van der Waals surface area (Å²) in [4.78, 5) is 16.3. The lowest BCUT2D eigenvalue weighted by Gasteiger charge is -2.04. The van der Waals surface area contributed by atoms with E-state index in [0.717, 1.165) is 22.3 Å². The van der Waals surface area contributed by atoms with E-state index in [-0.39, 0.29) is 11.5 Å². The molecule has 0 N–H and O–H groups in total. The Balaban J connectivity index is 1.68. The standard InChI is InChI=1S/C17H15N3O2S/c1-11-3-4-12(2)14(9-11)15(21)10-23-17-20-19-16(22-17)13-5-7-18-8-6-13/h3-9H,10H2,1-2H3. The van der Waals surface area contributed by atoms with Gasteiger partial charge in [0, 0.05) is 23.5 Å². The number of pyridine rings is 1. The fraction of sp³-hybridized carbons (Fsp3) is 0.176. The highest BCUT2D eigenvalue weighted by atomic mass is 32.2. The zero-order chi connectivity index (χ0) is 16.2. The molecule has 23 heavy (non-hydrogen) atoms. The van der Waals surface area contributed by atoms with Crippen LogP contribution in [-0.2, 0) is 0 Å². The van der Waals surface area contributed by atoms with Crippen molar-refractivity contribution in [1.29, 1.82) is 0 Å². The van der Waals surface area contributed by atoms with Crippen LogP contribution in [0.3, 0.4) is 0 Å². The van der Waals surface area contributed by atoms with E-state index in [0.29, 0.717) is 11.1 Å². The number of carbonyl (C=O) groups excluding carboxylic acids is 1. The third-order valence-corrected chi connectivity index (χ3v) is 4.17. The minimum atomic E-state index is 0.0554. The Kier molecular flexibility index (Phi) is 4.52. The Morgan fingerprint density at radius 1 is 1.13 bits per heavy atom. The molecular weight excluding hydrogens is 310 g/mol. The number of ketones is 1. The predicted octanol–water partition coefficient (Wildman–Crippen LogP) is 3.72. The highest BCUT2D eigenvalue weighted by molar-refractivity contribution is 7.99. The van der Waals surface area contributed by atoms with Crippen molar-refractivity contribution in [2.45, 2.75) is 19.1 Å². The molecule has 0 amide bonds. The maximum absolute atomic E-state index is 12.3. The first-order valence-corrected chi connectivity index (χ1v) is 8.09. The SMILES string of the molecule is Cc1ccc(C)c(C(=O)CSc2nnc(-c3ccncc3)o2)c1. The molecule has 0 saturated heterocycles. The average Bonchev–Trinajstić information content (AvgIpc) is 3.05.